The molecule has 2 rings (SSSR count). The molecule has 0 radical (unpaired) electrons. The van der Waals surface area contributed by atoms with Crippen LogP contribution in [0.4, 0.5) is 0 Å². The zero-order valence-corrected chi connectivity index (χ0v) is 10.2. The van der Waals surface area contributed by atoms with Gasteiger partial charge in [-0.2, -0.15) is 0 Å². The first-order valence-corrected chi connectivity index (χ1v) is 6.63. The second-order valence-corrected chi connectivity index (χ2v) is 6.18. The number of carbonyl (C=O) groups is 1. The minimum atomic E-state index is 0.361. The van der Waals surface area contributed by atoms with Gasteiger partial charge in [-0.05, 0) is 37.0 Å². The minimum Gasteiger partial charge on any atom is -0.299 e. The Labute approximate surface area is 93.6 Å². The largest absolute Gasteiger partial charge is 0.299 e. The van der Waals surface area contributed by atoms with Gasteiger partial charge in [-0.1, -0.05) is 33.1 Å². The molecule has 0 saturated heterocycles. The van der Waals surface area contributed by atoms with Crippen LogP contribution < -0.4 is 0 Å². The number of hydrogen-bond acceptors (Lipinski definition) is 1. The lowest BCUT2D eigenvalue weighted by Crippen LogP contribution is -2.24. The Balaban J connectivity index is 1.91. The Hall–Kier alpha value is -0.330. The standard InChI is InChI=1S/C14H24O/c1-11-6-5-7-12(11)13(15)10-14(2)8-3-4-9-14/h11-12H,3-10H2,1-2H3. The van der Waals surface area contributed by atoms with Crippen LogP contribution in [-0.2, 0) is 4.79 Å². The Bertz CT molecular complexity index is 238. The molecule has 2 saturated carbocycles. The maximum atomic E-state index is 12.2. The minimum absolute atomic E-state index is 0.361. The van der Waals surface area contributed by atoms with Gasteiger partial charge in [0.25, 0.3) is 0 Å². The summed E-state index contributed by atoms with van der Waals surface area (Å²) in [6, 6.07) is 0. The Kier molecular flexibility index (Phi) is 3.18. The average Bonchev–Trinajstić information content (AvgIpc) is 2.74. The lowest BCUT2D eigenvalue weighted by atomic mass is 9.79. The van der Waals surface area contributed by atoms with Gasteiger partial charge in [0.1, 0.15) is 5.78 Å². The van der Waals surface area contributed by atoms with Gasteiger partial charge in [0.15, 0.2) is 0 Å². The van der Waals surface area contributed by atoms with E-state index >= 15 is 0 Å². The second-order valence-electron chi connectivity index (χ2n) is 6.18. The van der Waals surface area contributed by atoms with Crippen molar-refractivity contribution in [1.82, 2.24) is 0 Å². The number of carbonyl (C=O) groups excluding carboxylic acids is 1. The Morgan fingerprint density at radius 2 is 1.87 bits per heavy atom. The molecule has 0 spiro atoms. The van der Waals surface area contributed by atoms with E-state index in [2.05, 4.69) is 13.8 Å². The predicted molar refractivity (Wildman–Crippen MR) is 62.7 cm³/mol. The van der Waals surface area contributed by atoms with Crippen LogP contribution in [0.15, 0.2) is 0 Å². The third-order valence-corrected chi connectivity index (χ3v) is 4.69. The van der Waals surface area contributed by atoms with Crippen LogP contribution in [0.2, 0.25) is 0 Å². The molecule has 0 bridgehead atoms. The van der Waals surface area contributed by atoms with Gasteiger partial charge in [0, 0.05) is 12.3 Å². The van der Waals surface area contributed by atoms with Gasteiger partial charge in [0.05, 0.1) is 0 Å². The average molecular weight is 208 g/mol. The monoisotopic (exact) mass is 208 g/mol. The zero-order valence-electron chi connectivity index (χ0n) is 10.2. The van der Waals surface area contributed by atoms with E-state index in [1.54, 1.807) is 0 Å². The number of Topliss-reactive ketones (excluding diaryl/α,β-unsaturated/α-hetero) is 1. The molecule has 0 aromatic heterocycles. The van der Waals surface area contributed by atoms with Gasteiger partial charge in [-0.3, -0.25) is 4.79 Å². The molecule has 15 heavy (non-hydrogen) atoms. The van der Waals surface area contributed by atoms with Crippen LogP contribution in [0.5, 0.6) is 0 Å². The van der Waals surface area contributed by atoms with Crippen molar-refractivity contribution in [2.45, 2.75) is 65.2 Å². The molecule has 0 aliphatic heterocycles. The van der Waals surface area contributed by atoms with Crippen molar-refractivity contribution in [3.8, 4) is 0 Å². The van der Waals surface area contributed by atoms with Crippen LogP contribution in [0.25, 0.3) is 0 Å². The lowest BCUT2D eigenvalue weighted by molar-refractivity contribution is -0.125. The van der Waals surface area contributed by atoms with Crippen LogP contribution in [0.1, 0.15) is 65.2 Å². The fourth-order valence-electron chi connectivity index (χ4n) is 3.58. The molecular formula is C14H24O. The molecule has 0 aromatic rings. The SMILES string of the molecule is CC1CCCC1C(=O)CC1(C)CCCC1. The van der Waals surface area contributed by atoms with Crippen molar-refractivity contribution in [1.29, 1.82) is 0 Å². The molecule has 1 heteroatoms. The molecule has 0 N–H and O–H groups in total. The third-order valence-electron chi connectivity index (χ3n) is 4.69. The third kappa shape index (κ3) is 2.43. The summed E-state index contributed by atoms with van der Waals surface area (Å²) in [6.45, 7) is 4.57. The molecule has 0 amide bonds. The van der Waals surface area contributed by atoms with Crippen molar-refractivity contribution < 1.29 is 4.79 Å². The van der Waals surface area contributed by atoms with E-state index in [-0.39, 0.29) is 0 Å². The van der Waals surface area contributed by atoms with E-state index in [4.69, 9.17) is 0 Å². The van der Waals surface area contributed by atoms with Crippen molar-refractivity contribution in [3.63, 3.8) is 0 Å². The van der Waals surface area contributed by atoms with E-state index < -0.39 is 0 Å². The smallest absolute Gasteiger partial charge is 0.136 e. The van der Waals surface area contributed by atoms with E-state index in [0.29, 0.717) is 23.0 Å². The summed E-state index contributed by atoms with van der Waals surface area (Å²) < 4.78 is 0. The van der Waals surface area contributed by atoms with Crippen molar-refractivity contribution in [2.75, 3.05) is 0 Å². The molecule has 2 fully saturated rings. The highest BCUT2D eigenvalue weighted by molar-refractivity contribution is 5.82. The van der Waals surface area contributed by atoms with Gasteiger partial charge in [0.2, 0.25) is 0 Å². The first-order valence-electron chi connectivity index (χ1n) is 6.63. The highest BCUT2D eigenvalue weighted by atomic mass is 16.1. The topological polar surface area (TPSA) is 17.1 Å². The normalized spacial score (nSPS) is 34.5. The fourth-order valence-corrected chi connectivity index (χ4v) is 3.58. The second kappa shape index (κ2) is 4.27. The van der Waals surface area contributed by atoms with Gasteiger partial charge in [-0.25, -0.2) is 0 Å². The summed E-state index contributed by atoms with van der Waals surface area (Å²) in [6.07, 6.45) is 9.80. The van der Waals surface area contributed by atoms with E-state index in [9.17, 15) is 4.79 Å². The highest BCUT2D eigenvalue weighted by Crippen LogP contribution is 2.43. The fraction of sp³-hybridized carbons (Fsp3) is 0.929. The predicted octanol–water partition coefficient (Wildman–Crippen LogP) is 3.96. The Morgan fingerprint density at radius 1 is 1.20 bits per heavy atom. The van der Waals surface area contributed by atoms with Crippen molar-refractivity contribution in [3.05, 3.63) is 0 Å². The summed E-state index contributed by atoms with van der Waals surface area (Å²) in [5.74, 6) is 1.63. The number of ketones is 1. The molecule has 2 aliphatic rings. The zero-order chi connectivity index (χ0) is 10.9. The Morgan fingerprint density at radius 3 is 2.40 bits per heavy atom. The maximum Gasteiger partial charge on any atom is 0.136 e. The van der Waals surface area contributed by atoms with Gasteiger partial charge < -0.3 is 0 Å². The van der Waals surface area contributed by atoms with E-state index in [0.717, 1.165) is 12.8 Å². The van der Waals surface area contributed by atoms with Crippen LogP contribution in [0, 0.1) is 17.3 Å². The first-order chi connectivity index (χ1) is 7.11. The molecule has 86 valence electrons. The summed E-state index contributed by atoms with van der Waals surface area (Å²) in [5, 5.41) is 0. The molecule has 2 atom stereocenters. The molecule has 2 aliphatic carbocycles. The first kappa shape index (κ1) is 11.2. The van der Waals surface area contributed by atoms with E-state index in [1.807, 2.05) is 0 Å². The highest BCUT2D eigenvalue weighted by Gasteiger charge is 2.36. The van der Waals surface area contributed by atoms with Crippen LogP contribution in [-0.4, -0.2) is 5.78 Å². The van der Waals surface area contributed by atoms with Crippen molar-refractivity contribution in [2.24, 2.45) is 17.3 Å². The van der Waals surface area contributed by atoms with Crippen molar-refractivity contribution >= 4 is 5.78 Å². The van der Waals surface area contributed by atoms with Gasteiger partial charge >= 0.3 is 0 Å². The van der Waals surface area contributed by atoms with Crippen LogP contribution in [0.3, 0.4) is 0 Å². The summed E-state index contributed by atoms with van der Waals surface area (Å²) in [5.41, 5.74) is 0.361. The van der Waals surface area contributed by atoms with Crippen LogP contribution >= 0.6 is 0 Å². The molecule has 2 unspecified atom stereocenters. The number of hydrogen-bond donors (Lipinski definition) is 0. The van der Waals surface area contributed by atoms with Gasteiger partial charge in [-0.15, -0.1) is 0 Å². The quantitative estimate of drug-likeness (QED) is 0.686. The molecule has 0 aromatic carbocycles. The summed E-state index contributed by atoms with van der Waals surface area (Å²) in [4.78, 5) is 12.2. The maximum absolute atomic E-state index is 12.2. The summed E-state index contributed by atoms with van der Waals surface area (Å²) in [7, 11) is 0. The van der Waals surface area contributed by atoms with E-state index in [1.165, 1.54) is 38.5 Å². The lowest BCUT2D eigenvalue weighted by Gasteiger charge is -2.25. The molecule has 0 heterocycles. The number of rotatable bonds is 3. The molecule has 1 nitrogen and oxygen atoms in total. The molecular weight excluding hydrogens is 184 g/mol. The summed E-state index contributed by atoms with van der Waals surface area (Å²) >= 11 is 0.